The first kappa shape index (κ1) is 13.6. The molecule has 2 fully saturated rings. The van der Waals surface area contributed by atoms with E-state index in [9.17, 15) is 14.7 Å². The molecule has 0 aromatic heterocycles. The summed E-state index contributed by atoms with van der Waals surface area (Å²) >= 11 is 1.29. The number of carbonyl (C=O) groups excluding carboxylic acids is 1. The highest BCUT2D eigenvalue weighted by Gasteiger charge is 2.61. The van der Waals surface area contributed by atoms with Crippen LogP contribution in [0.5, 0.6) is 0 Å². The first-order valence-corrected chi connectivity index (χ1v) is 6.97. The Morgan fingerprint density at radius 1 is 1.67 bits per heavy atom. The molecule has 0 spiro atoms. The van der Waals surface area contributed by atoms with Gasteiger partial charge in [-0.2, -0.15) is 0 Å². The van der Waals surface area contributed by atoms with Crippen LogP contribution >= 0.6 is 11.8 Å². The Balaban J connectivity index is 2.06. The Labute approximate surface area is 110 Å². The van der Waals surface area contributed by atoms with Gasteiger partial charge in [-0.1, -0.05) is 6.92 Å². The van der Waals surface area contributed by atoms with E-state index in [1.54, 1.807) is 4.90 Å². The van der Waals surface area contributed by atoms with Crippen molar-refractivity contribution < 1.29 is 19.8 Å². The third kappa shape index (κ3) is 2.00. The summed E-state index contributed by atoms with van der Waals surface area (Å²) in [6.45, 7) is 3.15. The van der Waals surface area contributed by atoms with Crippen LogP contribution in [-0.2, 0) is 9.59 Å². The number of nitrogens with zero attached hydrogens (tertiary/aromatic N) is 1. The summed E-state index contributed by atoms with van der Waals surface area (Å²) in [4.78, 5) is 24.7. The second kappa shape index (κ2) is 5.07. The van der Waals surface area contributed by atoms with Gasteiger partial charge in [0.1, 0.15) is 4.75 Å². The quantitative estimate of drug-likeness (QED) is 0.440. The van der Waals surface area contributed by atoms with Gasteiger partial charge in [0.15, 0.2) is 0 Å². The molecule has 2 aliphatic rings. The van der Waals surface area contributed by atoms with Crippen LogP contribution in [0.25, 0.3) is 0 Å². The molecule has 6 nitrogen and oxygen atoms in total. The molecule has 0 bridgehead atoms. The van der Waals surface area contributed by atoms with Gasteiger partial charge in [-0.15, -0.1) is 11.8 Å². The van der Waals surface area contributed by atoms with Crippen molar-refractivity contribution >= 4 is 23.6 Å². The molecule has 0 aliphatic carbocycles. The number of fused-ring (bicyclic) bond motifs is 1. The number of rotatable bonds is 6. The SMILES string of the molecule is CCCNCC1(C(=O)O)CN2C(=O)[C@H](CO)[C@H]2S1. The van der Waals surface area contributed by atoms with Gasteiger partial charge in [-0.3, -0.25) is 9.59 Å². The molecule has 2 heterocycles. The van der Waals surface area contributed by atoms with Crippen LogP contribution in [-0.4, -0.2) is 63.4 Å². The van der Waals surface area contributed by atoms with E-state index in [2.05, 4.69) is 5.32 Å². The molecule has 0 aromatic rings. The minimum atomic E-state index is -0.973. The van der Waals surface area contributed by atoms with Gasteiger partial charge < -0.3 is 20.4 Å². The van der Waals surface area contributed by atoms with Crippen molar-refractivity contribution in [2.24, 2.45) is 5.92 Å². The number of β-lactam (4-membered cyclic amide) rings is 1. The second-order valence-electron chi connectivity index (χ2n) is 4.74. The Hall–Kier alpha value is -0.790. The summed E-state index contributed by atoms with van der Waals surface area (Å²) in [6.07, 6.45) is 0.936. The maximum Gasteiger partial charge on any atom is 0.323 e. The maximum atomic E-state index is 11.7. The van der Waals surface area contributed by atoms with Gasteiger partial charge in [0.2, 0.25) is 5.91 Å². The van der Waals surface area contributed by atoms with Gasteiger partial charge >= 0.3 is 5.97 Å². The molecule has 0 saturated carbocycles. The number of thioether (sulfide) groups is 1. The molecule has 3 atom stereocenters. The summed E-state index contributed by atoms with van der Waals surface area (Å²) in [5.74, 6) is -1.45. The normalized spacial score (nSPS) is 34.3. The highest BCUT2D eigenvalue weighted by atomic mass is 32.2. The zero-order valence-corrected chi connectivity index (χ0v) is 11.1. The summed E-state index contributed by atoms with van der Waals surface area (Å²) in [5, 5.41) is 21.4. The number of carboxylic acid groups (broad SMARTS) is 1. The van der Waals surface area contributed by atoms with Crippen LogP contribution in [0.3, 0.4) is 0 Å². The van der Waals surface area contributed by atoms with Crippen LogP contribution in [0.2, 0.25) is 0 Å². The fraction of sp³-hybridized carbons (Fsp3) is 0.818. The zero-order valence-electron chi connectivity index (χ0n) is 10.3. The van der Waals surface area contributed by atoms with Gasteiger partial charge in [0, 0.05) is 13.1 Å². The number of carboxylic acids is 1. The van der Waals surface area contributed by atoms with E-state index in [1.165, 1.54) is 11.8 Å². The van der Waals surface area contributed by atoms with E-state index in [1.807, 2.05) is 6.92 Å². The van der Waals surface area contributed by atoms with Gasteiger partial charge in [0.05, 0.1) is 17.9 Å². The van der Waals surface area contributed by atoms with Crippen molar-refractivity contribution in [2.45, 2.75) is 23.5 Å². The van der Waals surface area contributed by atoms with Gasteiger partial charge in [-0.25, -0.2) is 0 Å². The molecule has 0 radical (unpaired) electrons. The molecule has 2 aliphatic heterocycles. The largest absolute Gasteiger partial charge is 0.480 e. The number of aliphatic carboxylic acids is 1. The molecule has 7 heteroatoms. The third-order valence-corrected chi connectivity index (χ3v) is 5.17. The number of carbonyl (C=O) groups is 2. The van der Waals surface area contributed by atoms with Crippen LogP contribution in [0.1, 0.15) is 13.3 Å². The molecule has 18 heavy (non-hydrogen) atoms. The Morgan fingerprint density at radius 3 is 2.94 bits per heavy atom. The molecule has 1 unspecified atom stereocenters. The van der Waals surface area contributed by atoms with Crippen LogP contribution in [0.4, 0.5) is 0 Å². The minimum absolute atomic E-state index is 0.131. The molecule has 2 rings (SSSR count). The van der Waals surface area contributed by atoms with E-state index >= 15 is 0 Å². The third-order valence-electron chi connectivity index (χ3n) is 3.45. The van der Waals surface area contributed by atoms with Crippen molar-refractivity contribution in [3.8, 4) is 0 Å². The number of nitrogens with one attached hydrogen (secondary N) is 1. The lowest BCUT2D eigenvalue weighted by Crippen LogP contribution is -2.58. The lowest BCUT2D eigenvalue weighted by molar-refractivity contribution is -0.152. The monoisotopic (exact) mass is 274 g/mol. The summed E-state index contributed by atoms with van der Waals surface area (Å²) in [7, 11) is 0. The number of hydrogen-bond donors (Lipinski definition) is 3. The molecule has 3 N–H and O–H groups in total. The molecular formula is C11H18N2O4S. The summed E-state index contributed by atoms with van der Waals surface area (Å²) in [6, 6.07) is 0. The van der Waals surface area contributed by atoms with Crippen LogP contribution in [0, 0.1) is 5.92 Å². The van der Waals surface area contributed by atoms with E-state index < -0.39 is 16.6 Å². The lowest BCUT2D eigenvalue weighted by Gasteiger charge is -2.40. The molecule has 0 aromatic carbocycles. The highest BCUT2D eigenvalue weighted by Crippen LogP contribution is 2.49. The fourth-order valence-corrected chi connectivity index (χ4v) is 4.01. The Bertz CT molecular complexity index is 365. The van der Waals surface area contributed by atoms with E-state index in [4.69, 9.17) is 5.11 Å². The zero-order chi connectivity index (χ0) is 13.3. The summed E-state index contributed by atoms with van der Waals surface area (Å²) < 4.78 is -0.973. The number of hydrogen-bond acceptors (Lipinski definition) is 5. The minimum Gasteiger partial charge on any atom is -0.480 e. The average Bonchev–Trinajstić information content (AvgIpc) is 2.67. The highest BCUT2D eigenvalue weighted by molar-refractivity contribution is 8.02. The lowest BCUT2D eigenvalue weighted by atomic mass is 9.97. The number of aliphatic hydroxyl groups is 1. The second-order valence-corrected chi connectivity index (χ2v) is 6.24. The molecule has 102 valence electrons. The average molecular weight is 274 g/mol. The van der Waals surface area contributed by atoms with Crippen molar-refractivity contribution in [1.29, 1.82) is 0 Å². The predicted molar refractivity (Wildman–Crippen MR) is 67.2 cm³/mol. The molecule has 1 amide bonds. The van der Waals surface area contributed by atoms with Crippen LogP contribution in [0.15, 0.2) is 0 Å². The fourth-order valence-electron chi connectivity index (χ4n) is 2.38. The number of aliphatic hydroxyl groups excluding tert-OH is 1. The molecule has 2 saturated heterocycles. The first-order chi connectivity index (χ1) is 8.55. The van der Waals surface area contributed by atoms with Crippen molar-refractivity contribution in [3.63, 3.8) is 0 Å². The van der Waals surface area contributed by atoms with Crippen molar-refractivity contribution in [2.75, 3.05) is 26.2 Å². The maximum absolute atomic E-state index is 11.7. The van der Waals surface area contributed by atoms with E-state index in [0.29, 0.717) is 6.54 Å². The smallest absolute Gasteiger partial charge is 0.323 e. The van der Waals surface area contributed by atoms with Crippen molar-refractivity contribution in [1.82, 2.24) is 10.2 Å². The van der Waals surface area contributed by atoms with Crippen molar-refractivity contribution in [3.05, 3.63) is 0 Å². The number of amides is 1. The van der Waals surface area contributed by atoms with E-state index in [-0.39, 0.29) is 24.4 Å². The van der Waals surface area contributed by atoms with E-state index in [0.717, 1.165) is 13.0 Å². The van der Waals surface area contributed by atoms with Crippen LogP contribution < -0.4 is 5.32 Å². The Kier molecular flexibility index (Phi) is 3.84. The summed E-state index contributed by atoms with van der Waals surface area (Å²) in [5.41, 5.74) is 0. The van der Waals surface area contributed by atoms with Gasteiger partial charge in [0.25, 0.3) is 0 Å². The standard InChI is InChI=1S/C11H18N2O4S/c1-2-3-12-5-11(10(16)17)6-13-8(15)7(4-14)9(13)18-11/h7,9,12,14H,2-6H2,1H3,(H,16,17)/t7-,9+,11?/m0/s1. The first-order valence-electron chi connectivity index (χ1n) is 6.09. The van der Waals surface area contributed by atoms with Gasteiger partial charge in [-0.05, 0) is 13.0 Å². The topological polar surface area (TPSA) is 89.9 Å². The molecular weight excluding hydrogens is 256 g/mol. The Morgan fingerprint density at radius 2 is 2.39 bits per heavy atom. The predicted octanol–water partition coefficient (Wildman–Crippen LogP) is -0.667.